The number of hydrogen-bond donors (Lipinski definition) is 2. The maximum absolute atomic E-state index is 11.7. The highest BCUT2D eigenvalue weighted by Gasteiger charge is 2.06. The van der Waals surface area contributed by atoms with Gasteiger partial charge < -0.3 is 10.6 Å². The Hall–Kier alpha value is -1.60. The number of rotatable bonds is 3. The van der Waals surface area contributed by atoms with Crippen molar-refractivity contribution < 1.29 is 4.79 Å². The number of nitrogens with one attached hydrogen (secondary N) is 2. The fourth-order valence-corrected chi connectivity index (χ4v) is 1.89. The first-order chi connectivity index (χ1) is 9.06. The van der Waals surface area contributed by atoms with Gasteiger partial charge in [-0.3, -0.25) is 4.68 Å². The molecule has 0 saturated carbocycles. The zero-order chi connectivity index (χ0) is 13.8. The van der Waals surface area contributed by atoms with Crippen LogP contribution in [0.15, 0.2) is 29.0 Å². The van der Waals surface area contributed by atoms with Crippen LogP contribution >= 0.6 is 27.5 Å². The van der Waals surface area contributed by atoms with Gasteiger partial charge in [-0.2, -0.15) is 5.10 Å². The number of aryl methyl sites for hydroxylation is 1. The van der Waals surface area contributed by atoms with Gasteiger partial charge in [-0.25, -0.2) is 9.78 Å². The van der Waals surface area contributed by atoms with Crippen LogP contribution in [-0.2, 0) is 13.6 Å². The second kappa shape index (κ2) is 6.03. The summed E-state index contributed by atoms with van der Waals surface area (Å²) in [5.74, 6) is 0.674. The molecule has 2 aromatic rings. The summed E-state index contributed by atoms with van der Waals surface area (Å²) in [7, 11) is 1.76. The van der Waals surface area contributed by atoms with Crippen LogP contribution in [0.3, 0.4) is 0 Å². The number of aromatic nitrogens is 3. The van der Waals surface area contributed by atoms with Crippen molar-refractivity contribution in [2.75, 3.05) is 5.32 Å². The van der Waals surface area contributed by atoms with Gasteiger partial charge in [-0.1, -0.05) is 11.6 Å². The molecule has 0 aliphatic heterocycles. The van der Waals surface area contributed by atoms with Crippen LogP contribution in [-0.4, -0.2) is 20.8 Å². The third kappa shape index (κ3) is 3.68. The van der Waals surface area contributed by atoms with Crippen molar-refractivity contribution in [1.82, 2.24) is 20.1 Å². The van der Waals surface area contributed by atoms with Crippen molar-refractivity contribution in [3.8, 4) is 0 Å². The van der Waals surface area contributed by atoms with Crippen molar-refractivity contribution in [1.29, 1.82) is 0 Å². The highest BCUT2D eigenvalue weighted by molar-refractivity contribution is 9.10. The molecule has 1 aromatic carbocycles. The molecule has 6 nitrogen and oxygen atoms in total. The third-order valence-corrected chi connectivity index (χ3v) is 3.60. The average Bonchev–Trinajstić information content (AvgIpc) is 2.77. The van der Waals surface area contributed by atoms with Crippen LogP contribution in [0.4, 0.5) is 10.5 Å². The van der Waals surface area contributed by atoms with E-state index in [0.29, 0.717) is 23.1 Å². The van der Waals surface area contributed by atoms with Gasteiger partial charge in [0, 0.05) is 17.2 Å². The summed E-state index contributed by atoms with van der Waals surface area (Å²) >= 11 is 9.16. The molecular formula is C11H11BrClN5O. The maximum Gasteiger partial charge on any atom is 0.319 e. The van der Waals surface area contributed by atoms with Crippen molar-refractivity contribution in [3.05, 3.63) is 39.8 Å². The Kier molecular flexibility index (Phi) is 4.39. The lowest BCUT2D eigenvalue weighted by atomic mass is 10.3. The van der Waals surface area contributed by atoms with E-state index in [1.807, 2.05) is 0 Å². The van der Waals surface area contributed by atoms with Gasteiger partial charge in [-0.05, 0) is 34.1 Å². The fraction of sp³-hybridized carbons (Fsp3) is 0.182. The molecule has 0 aliphatic rings. The topological polar surface area (TPSA) is 71.8 Å². The van der Waals surface area contributed by atoms with E-state index in [9.17, 15) is 4.79 Å². The summed E-state index contributed by atoms with van der Waals surface area (Å²) in [5, 5.41) is 9.88. The minimum atomic E-state index is -0.322. The zero-order valence-electron chi connectivity index (χ0n) is 10.0. The molecule has 0 spiro atoms. The van der Waals surface area contributed by atoms with Crippen LogP contribution < -0.4 is 10.6 Å². The first kappa shape index (κ1) is 13.8. The molecule has 0 fully saturated rings. The molecule has 0 atom stereocenters. The molecule has 2 amide bonds. The molecule has 1 heterocycles. The van der Waals surface area contributed by atoms with Gasteiger partial charge in [0.15, 0.2) is 0 Å². The smallest absolute Gasteiger partial charge is 0.319 e. The SMILES string of the molecule is Cn1ncnc1CNC(=O)Nc1ccc(Cl)c(Br)c1. The molecule has 0 aliphatic carbocycles. The van der Waals surface area contributed by atoms with Gasteiger partial charge >= 0.3 is 6.03 Å². The first-order valence-electron chi connectivity index (χ1n) is 5.39. The van der Waals surface area contributed by atoms with Crippen molar-refractivity contribution in [2.24, 2.45) is 7.05 Å². The van der Waals surface area contributed by atoms with Gasteiger partial charge in [0.25, 0.3) is 0 Å². The number of hydrogen-bond acceptors (Lipinski definition) is 3. The first-order valence-corrected chi connectivity index (χ1v) is 6.56. The van der Waals surface area contributed by atoms with Crippen LogP contribution in [0.1, 0.15) is 5.82 Å². The zero-order valence-corrected chi connectivity index (χ0v) is 12.4. The highest BCUT2D eigenvalue weighted by atomic mass is 79.9. The Labute approximate surface area is 123 Å². The van der Waals surface area contributed by atoms with Crippen molar-refractivity contribution in [2.45, 2.75) is 6.54 Å². The normalized spacial score (nSPS) is 10.3. The van der Waals surface area contributed by atoms with Crippen LogP contribution in [0, 0.1) is 0 Å². The average molecular weight is 345 g/mol. The molecule has 19 heavy (non-hydrogen) atoms. The predicted molar refractivity (Wildman–Crippen MR) is 76.0 cm³/mol. The van der Waals surface area contributed by atoms with Crippen LogP contribution in [0.25, 0.3) is 0 Å². The molecule has 100 valence electrons. The van der Waals surface area contributed by atoms with Crippen molar-refractivity contribution in [3.63, 3.8) is 0 Å². The number of anilines is 1. The molecule has 0 radical (unpaired) electrons. The van der Waals surface area contributed by atoms with E-state index in [0.717, 1.165) is 4.47 Å². The maximum atomic E-state index is 11.7. The largest absolute Gasteiger partial charge is 0.331 e. The van der Waals surface area contributed by atoms with Gasteiger partial charge in [0.2, 0.25) is 0 Å². The number of urea groups is 1. The fourth-order valence-electron chi connectivity index (χ4n) is 1.39. The van der Waals surface area contributed by atoms with E-state index in [-0.39, 0.29) is 6.03 Å². The summed E-state index contributed by atoms with van der Waals surface area (Å²) in [5.41, 5.74) is 0.645. The molecule has 0 saturated heterocycles. The lowest BCUT2D eigenvalue weighted by molar-refractivity contribution is 0.251. The quantitative estimate of drug-likeness (QED) is 0.899. The van der Waals surface area contributed by atoms with Crippen molar-refractivity contribution >= 4 is 39.2 Å². The Balaban J connectivity index is 1.91. The Morgan fingerprint density at radius 3 is 2.95 bits per heavy atom. The summed E-state index contributed by atoms with van der Waals surface area (Å²) in [4.78, 5) is 15.7. The minimum absolute atomic E-state index is 0.303. The molecule has 1 aromatic heterocycles. The minimum Gasteiger partial charge on any atom is -0.331 e. The van der Waals surface area contributed by atoms with E-state index >= 15 is 0 Å². The van der Waals surface area contributed by atoms with Crippen LogP contribution in [0.2, 0.25) is 5.02 Å². The Bertz CT molecular complexity index is 601. The van der Waals surface area contributed by atoms with E-state index in [1.165, 1.54) is 6.33 Å². The second-order valence-corrected chi connectivity index (χ2v) is 5.00. The third-order valence-electron chi connectivity index (χ3n) is 2.39. The van der Waals surface area contributed by atoms with E-state index in [2.05, 4.69) is 36.6 Å². The molecular weight excluding hydrogens is 334 g/mol. The lowest BCUT2D eigenvalue weighted by Crippen LogP contribution is -2.29. The number of nitrogens with zero attached hydrogens (tertiary/aromatic N) is 3. The Morgan fingerprint density at radius 2 is 2.32 bits per heavy atom. The summed E-state index contributed by atoms with van der Waals surface area (Å²) < 4.78 is 2.32. The standard InChI is InChI=1S/C11H11BrClN5O/c1-18-10(15-6-16-18)5-14-11(19)17-7-2-3-9(13)8(12)4-7/h2-4,6H,5H2,1H3,(H2,14,17,19). The summed E-state index contributed by atoms with van der Waals surface area (Å²) in [6.07, 6.45) is 1.44. The van der Waals surface area contributed by atoms with Crippen LogP contribution in [0.5, 0.6) is 0 Å². The Morgan fingerprint density at radius 1 is 1.53 bits per heavy atom. The van der Waals surface area contributed by atoms with Gasteiger partial charge in [-0.15, -0.1) is 0 Å². The van der Waals surface area contributed by atoms with Gasteiger partial charge in [0.05, 0.1) is 11.6 Å². The van der Waals surface area contributed by atoms with Gasteiger partial charge in [0.1, 0.15) is 12.2 Å². The monoisotopic (exact) mass is 343 g/mol. The van der Waals surface area contributed by atoms with E-state index in [4.69, 9.17) is 11.6 Å². The van der Waals surface area contributed by atoms with E-state index < -0.39 is 0 Å². The lowest BCUT2D eigenvalue weighted by Gasteiger charge is -2.08. The summed E-state index contributed by atoms with van der Waals surface area (Å²) in [6, 6.07) is 4.82. The highest BCUT2D eigenvalue weighted by Crippen LogP contribution is 2.25. The number of benzene rings is 1. The molecule has 2 N–H and O–H groups in total. The number of amides is 2. The number of halogens is 2. The molecule has 2 rings (SSSR count). The second-order valence-electron chi connectivity index (χ2n) is 3.74. The molecule has 0 bridgehead atoms. The molecule has 0 unspecified atom stereocenters. The summed E-state index contributed by atoms with van der Waals surface area (Å²) in [6.45, 7) is 0.303. The number of carbonyl (C=O) groups excluding carboxylic acids is 1. The van der Waals surface area contributed by atoms with E-state index in [1.54, 1.807) is 29.9 Å². The number of carbonyl (C=O) groups is 1. The predicted octanol–water partition coefficient (Wildman–Crippen LogP) is 2.55. The molecule has 8 heteroatoms.